The second kappa shape index (κ2) is 7.80. The van der Waals surface area contributed by atoms with Crippen LogP contribution in [0, 0.1) is 6.92 Å². The second-order valence-electron chi connectivity index (χ2n) is 5.61. The number of hydrogen-bond acceptors (Lipinski definition) is 6. The van der Waals surface area contributed by atoms with Crippen LogP contribution in [0.2, 0.25) is 0 Å². The molecule has 3 rings (SSSR count). The fourth-order valence-corrected chi connectivity index (χ4v) is 3.26. The molecule has 2 heterocycles. The zero-order valence-corrected chi connectivity index (χ0v) is 15.6. The van der Waals surface area contributed by atoms with Crippen LogP contribution in [0.5, 0.6) is 0 Å². The van der Waals surface area contributed by atoms with Crippen LogP contribution in [0.15, 0.2) is 36.5 Å². The quantitative estimate of drug-likeness (QED) is 0.586. The van der Waals surface area contributed by atoms with Gasteiger partial charge in [-0.3, -0.25) is 5.32 Å². The summed E-state index contributed by atoms with van der Waals surface area (Å²) >= 11 is 1.20. The number of carbonyl (C=O) groups is 1. The summed E-state index contributed by atoms with van der Waals surface area (Å²) in [6, 6.07) is 5.40. The highest BCUT2D eigenvalue weighted by molar-refractivity contribution is 7.19. The van der Waals surface area contributed by atoms with Crippen molar-refractivity contribution < 1.29 is 18.0 Å². The lowest BCUT2D eigenvalue weighted by molar-refractivity contribution is -0.137. The van der Waals surface area contributed by atoms with Gasteiger partial charge in [0.15, 0.2) is 5.13 Å². The van der Waals surface area contributed by atoms with E-state index in [4.69, 9.17) is 0 Å². The summed E-state index contributed by atoms with van der Waals surface area (Å²) in [7, 11) is 1.70. The van der Waals surface area contributed by atoms with Crippen LogP contribution in [0.4, 0.5) is 34.7 Å². The zero-order chi connectivity index (χ0) is 20.3. The molecule has 0 saturated carbocycles. The number of anilines is 3. The van der Waals surface area contributed by atoms with Crippen LogP contribution in [0.25, 0.3) is 10.6 Å². The van der Waals surface area contributed by atoms with Crippen molar-refractivity contribution in [2.45, 2.75) is 13.1 Å². The van der Waals surface area contributed by atoms with Gasteiger partial charge in [-0.05, 0) is 31.2 Å². The summed E-state index contributed by atoms with van der Waals surface area (Å²) in [6.07, 6.45) is -2.89. The molecule has 0 atom stereocenters. The van der Waals surface area contributed by atoms with Gasteiger partial charge >= 0.3 is 12.2 Å². The van der Waals surface area contributed by atoms with E-state index in [1.54, 1.807) is 26.2 Å². The van der Waals surface area contributed by atoms with Crippen molar-refractivity contribution in [1.82, 2.24) is 15.0 Å². The maximum Gasteiger partial charge on any atom is 0.416 e. The number of hydrogen-bond donors (Lipinski definition) is 3. The molecule has 28 heavy (non-hydrogen) atoms. The van der Waals surface area contributed by atoms with Gasteiger partial charge in [-0.25, -0.2) is 19.7 Å². The molecule has 3 N–H and O–H groups in total. The maximum absolute atomic E-state index is 12.8. The third-order valence-electron chi connectivity index (χ3n) is 3.58. The molecule has 0 radical (unpaired) electrons. The molecule has 0 aliphatic rings. The Kier molecular flexibility index (Phi) is 5.45. The van der Waals surface area contributed by atoms with Gasteiger partial charge < -0.3 is 10.6 Å². The molecule has 0 aliphatic carbocycles. The lowest BCUT2D eigenvalue weighted by Crippen LogP contribution is -2.19. The second-order valence-corrected chi connectivity index (χ2v) is 6.61. The first-order valence-electron chi connectivity index (χ1n) is 8.00. The first-order chi connectivity index (χ1) is 13.3. The number of aryl methyl sites for hydroxylation is 1. The van der Waals surface area contributed by atoms with Crippen molar-refractivity contribution in [2.24, 2.45) is 0 Å². The molecule has 0 aliphatic heterocycles. The van der Waals surface area contributed by atoms with Crippen LogP contribution < -0.4 is 16.0 Å². The van der Waals surface area contributed by atoms with Gasteiger partial charge in [-0.15, -0.1) is 0 Å². The fraction of sp³-hybridized carbons (Fsp3) is 0.176. The first-order valence-corrected chi connectivity index (χ1v) is 8.82. The normalized spacial score (nSPS) is 11.2. The minimum atomic E-state index is -4.49. The van der Waals surface area contributed by atoms with Crippen LogP contribution >= 0.6 is 11.3 Å². The van der Waals surface area contributed by atoms with E-state index in [9.17, 15) is 18.0 Å². The number of benzene rings is 1. The summed E-state index contributed by atoms with van der Waals surface area (Å²) < 4.78 is 38.3. The Hall–Kier alpha value is -3.21. The number of alkyl halides is 3. The molecule has 0 unspecified atom stereocenters. The van der Waals surface area contributed by atoms with Gasteiger partial charge in [0.1, 0.15) is 0 Å². The third kappa shape index (κ3) is 4.55. The molecule has 0 saturated heterocycles. The molecule has 2 aromatic heterocycles. The van der Waals surface area contributed by atoms with Crippen molar-refractivity contribution in [2.75, 3.05) is 23.0 Å². The van der Waals surface area contributed by atoms with Crippen LogP contribution in [0.3, 0.4) is 0 Å². The highest BCUT2D eigenvalue weighted by Gasteiger charge is 2.30. The number of aromatic nitrogens is 3. The molecule has 2 amide bonds. The summed E-state index contributed by atoms with van der Waals surface area (Å²) in [5, 5.41) is 8.03. The van der Waals surface area contributed by atoms with Gasteiger partial charge in [0, 0.05) is 18.9 Å². The smallest absolute Gasteiger partial charge is 0.357 e. The maximum atomic E-state index is 12.8. The molecule has 0 spiro atoms. The molecular weight excluding hydrogens is 393 g/mol. The van der Waals surface area contributed by atoms with Gasteiger partial charge in [0.2, 0.25) is 5.95 Å². The van der Waals surface area contributed by atoms with E-state index in [2.05, 4.69) is 30.9 Å². The molecular formula is C17H15F3N6OS. The molecule has 11 heteroatoms. The molecule has 1 aromatic carbocycles. The molecule has 7 nitrogen and oxygen atoms in total. The fourth-order valence-electron chi connectivity index (χ4n) is 2.33. The highest BCUT2D eigenvalue weighted by atomic mass is 32.1. The van der Waals surface area contributed by atoms with E-state index in [0.29, 0.717) is 22.5 Å². The SMILES string of the molecule is CNc1nccc(-c2sc(NC(=O)Nc3cccc(C(F)(F)F)c3)nc2C)n1. The average Bonchev–Trinajstić information content (AvgIpc) is 3.01. The Balaban J connectivity index is 1.73. The van der Waals surface area contributed by atoms with E-state index in [0.717, 1.165) is 17.0 Å². The summed E-state index contributed by atoms with van der Waals surface area (Å²) in [4.78, 5) is 25.5. The Morgan fingerprint density at radius 2 is 1.93 bits per heavy atom. The topological polar surface area (TPSA) is 91.8 Å². The van der Waals surface area contributed by atoms with E-state index in [-0.39, 0.29) is 5.69 Å². The first kappa shape index (κ1) is 19.5. The Morgan fingerprint density at radius 1 is 1.14 bits per heavy atom. The average molecular weight is 408 g/mol. The minimum Gasteiger partial charge on any atom is -0.357 e. The molecule has 3 aromatic rings. The lowest BCUT2D eigenvalue weighted by atomic mass is 10.2. The number of urea groups is 1. The summed E-state index contributed by atoms with van der Waals surface area (Å²) in [5.41, 5.74) is 0.470. The van der Waals surface area contributed by atoms with E-state index in [1.807, 2.05) is 0 Å². The van der Waals surface area contributed by atoms with Crippen molar-refractivity contribution in [3.8, 4) is 10.6 Å². The van der Waals surface area contributed by atoms with Crippen LogP contribution in [0.1, 0.15) is 11.3 Å². The van der Waals surface area contributed by atoms with E-state index in [1.165, 1.54) is 23.5 Å². The van der Waals surface area contributed by atoms with Gasteiger partial charge in [-0.2, -0.15) is 13.2 Å². The third-order valence-corrected chi connectivity index (χ3v) is 4.67. The van der Waals surface area contributed by atoms with Crippen molar-refractivity contribution in [3.63, 3.8) is 0 Å². The van der Waals surface area contributed by atoms with Gasteiger partial charge in [0.25, 0.3) is 0 Å². The van der Waals surface area contributed by atoms with Gasteiger partial charge in [-0.1, -0.05) is 17.4 Å². The number of halogens is 3. The predicted octanol–water partition coefficient (Wildman–Crippen LogP) is 4.61. The zero-order valence-electron chi connectivity index (χ0n) is 14.8. The monoisotopic (exact) mass is 408 g/mol. The van der Waals surface area contributed by atoms with Crippen molar-refractivity contribution in [3.05, 3.63) is 47.8 Å². The number of thiazole rings is 1. The van der Waals surface area contributed by atoms with Crippen molar-refractivity contribution in [1.29, 1.82) is 0 Å². The number of nitrogens with zero attached hydrogens (tertiary/aromatic N) is 3. The molecule has 0 bridgehead atoms. The summed E-state index contributed by atoms with van der Waals surface area (Å²) in [5.74, 6) is 0.446. The number of amides is 2. The highest BCUT2D eigenvalue weighted by Crippen LogP contribution is 2.32. The number of carbonyl (C=O) groups excluding carboxylic acids is 1. The summed E-state index contributed by atoms with van der Waals surface area (Å²) in [6.45, 7) is 1.77. The predicted molar refractivity (Wildman–Crippen MR) is 102 cm³/mol. The largest absolute Gasteiger partial charge is 0.416 e. The standard InChI is InChI=1S/C17H15F3N6OS/c1-9-13(12-6-7-22-14(21-2)25-12)28-16(23-9)26-15(27)24-11-5-3-4-10(8-11)17(18,19)20/h3-8H,1-2H3,(H,21,22,25)(H2,23,24,26,27). The van der Waals surface area contributed by atoms with Crippen molar-refractivity contribution >= 4 is 34.1 Å². The number of nitrogens with one attached hydrogen (secondary N) is 3. The van der Waals surface area contributed by atoms with E-state index < -0.39 is 17.8 Å². The molecule has 146 valence electrons. The Morgan fingerprint density at radius 3 is 2.64 bits per heavy atom. The van der Waals surface area contributed by atoms with E-state index >= 15 is 0 Å². The Bertz CT molecular complexity index is 1000. The van der Waals surface area contributed by atoms with Crippen LogP contribution in [-0.2, 0) is 6.18 Å². The lowest BCUT2D eigenvalue weighted by Gasteiger charge is -2.09. The minimum absolute atomic E-state index is 0.0234. The molecule has 0 fully saturated rings. The Labute approximate surface area is 162 Å². The number of rotatable bonds is 4. The van der Waals surface area contributed by atoms with Crippen LogP contribution in [-0.4, -0.2) is 28.0 Å². The van der Waals surface area contributed by atoms with Gasteiger partial charge in [0.05, 0.1) is 21.8 Å².